The van der Waals surface area contributed by atoms with E-state index >= 15 is 0 Å². The predicted octanol–water partition coefficient (Wildman–Crippen LogP) is 4.32. The van der Waals surface area contributed by atoms with Crippen molar-refractivity contribution in [1.29, 1.82) is 0 Å². The van der Waals surface area contributed by atoms with Crippen molar-refractivity contribution in [2.24, 2.45) is 0 Å². The molecule has 0 aliphatic heterocycles. The second kappa shape index (κ2) is 5.03. The van der Waals surface area contributed by atoms with E-state index < -0.39 is 9.52 Å². The molecule has 3 rings (SSSR count). The van der Waals surface area contributed by atoms with Crippen molar-refractivity contribution in [3.63, 3.8) is 0 Å². The van der Waals surface area contributed by atoms with Gasteiger partial charge in [-0.3, -0.25) is 4.21 Å². The number of hydrogen-bond acceptors (Lipinski definition) is 1. The molecule has 2 aromatic carbocycles. The van der Waals surface area contributed by atoms with Gasteiger partial charge in [-0.2, -0.15) is 0 Å². The zero-order chi connectivity index (χ0) is 15.1. The minimum Gasteiger partial charge on any atom is -0.262 e. The van der Waals surface area contributed by atoms with E-state index in [1.54, 1.807) is 0 Å². The van der Waals surface area contributed by atoms with Crippen LogP contribution in [0.15, 0.2) is 53.4 Å². The Kier molecular flexibility index (Phi) is 3.45. The normalized spacial score (nSPS) is 24.1. The molecule has 1 aliphatic rings. The zero-order valence-electron chi connectivity index (χ0n) is 12.8. The molecule has 2 heteroatoms. The largest absolute Gasteiger partial charge is 0.262 e. The van der Waals surface area contributed by atoms with Crippen LogP contribution in [0.25, 0.3) is 0 Å². The maximum atomic E-state index is 13.6. The molecule has 2 aromatic rings. The lowest BCUT2D eigenvalue weighted by molar-refractivity contribution is 0.519. The topological polar surface area (TPSA) is 17.1 Å². The van der Waals surface area contributed by atoms with E-state index in [1.807, 2.05) is 37.3 Å². The number of benzene rings is 2. The number of hydrogen-bond donors (Lipinski definition) is 0. The first-order valence-corrected chi connectivity index (χ1v) is 9.20. The summed E-state index contributed by atoms with van der Waals surface area (Å²) in [4.78, 5) is 0.868. The SMILES string of the molecule is C=S(=O)(c1ccc(C)cc1)C1(C)CCCc2ccccc21. The summed E-state index contributed by atoms with van der Waals surface area (Å²) in [5, 5.41) is 0. The smallest absolute Gasteiger partial charge is 0.0648 e. The Labute approximate surface area is 128 Å². The van der Waals surface area contributed by atoms with E-state index in [0.29, 0.717) is 0 Å². The van der Waals surface area contributed by atoms with Crippen LogP contribution in [-0.4, -0.2) is 10.1 Å². The molecule has 0 fully saturated rings. The molecule has 0 spiro atoms. The molecule has 0 saturated heterocycles. The standard InChI is InChI=1S/C19H22OS/c1-15-10-12-17(13-11-15)21(3,20)19(2)14-6-8-16-7-4-5-9-18(16)19/h4-5,7,9-13H,3,6,8,14H2,1-2H3. The molecule has 0 aromatic heterocycles. The highest BCUT2D eigenvalue weighted by atomic mass is 32.2. The van der Waals surface area contributed by atoms with E-state index in [9.17, 15) is 4.21 Å². The molecule has 0 heterocycles. The van der Waals surface area contributed by atoms with Gasteiger partial charge in [0.15, 0.2) is 0 Å². The van der Waals surface area contributed by atoms with E-state index in [0.717, 1.165) is 24.2 Å². The number of fused-ring (bicyclic) bond motifs is 1. The average Bonchev–Trinajstić information content (AvgIpc) is 2.48. The van der Waals surface area contributed by atoms with Gasteiger partial charge < -0.3 is 0 Å². The molecule has 0 N–H and O–H groups in total. The second-order valence-electron chi connectivity index (χ2n) is 6.23. The van der Waals surface area contributed by atoms with Crippen molar-refractivity contribution in [2.75, 3.05) is 0 Å². The summed E-state index contributed by atoms with van der Waals surface area (Å²) in [6.07, 6.45) is 3.08. The van der Waals surface area contributed by atoms with Gasteiger partial charge in [0.1, 0.15) is 0 Å². The molecular formula is C19H22OS. The first-order chi connectivity index (χ1) is 9.95. The average molecular weight is 298 g/mol. The Morgan fingerprint density at radius 1 is 1.10 bits per heavy atom. The van der Waals surface area contributed by atoms with Crippen LogP contribution in [0.2, 0.25) is 0 Å². The highest BCUT2D eigenvalue weighted by Gasteiger charge is 2.40. The van der Waals surface area contributed by atoms with Crippen molar-refractivity contribution in [3.05, 3.63) is 65.2 Å². The number of rotatable bonds is 2. The quantitative estimate of drug-likeness (QED) is 0.755. The summed E-state index contributed by atoms with van der Waals surface area (Å²) in [6.45, 7) is 4.17. The molecule has 0 bridgehead atoms. The maximum absolute atomic E-state index is 13.6. The van der Waals surface area contributed by atoms with Crippen LogP contribution < -0.4 is 0 Å². The molecule has 1 nitrogen and oxygen atoms in total. The monoisotopic (exact) mass is 298 g/mol. The van der Waals surface area contributed by atoms with E-state index in [-0.39, 0.29) is 4.75 Å². The van der Waals surface area contributed by atoms with Gasteiger partial charge in [-0.25, -0.2) is 0 Å². The molecule has 0 amide bonds. The fourth-order valence-electron chi connectivity index (χ4n) is 3.37. The van der Waals surface area contributed by atoms with Crippen molar-refractivity contribution < 1.29 is 4.21 Å². The van der Waals surface area contributed by atoms with Crippen molar-refractivity contribution in [3.8, 4) is 0 Å². The van der Waals surface area contributed by atoms with Gasteiger partial charge in [0.05, 0.1) is 4.75 Å². The summed E-state index contributed by atoms with van der Waals surface area (Å²) in [6, 6.07) is 16.4. The fourth-order valence-corrected chi connectivity index (χ4v) is 5.49. The van der Waals surface area contributed by atoms with Gasteiger partial charge >= 0.3 is 0 Å². The van der Waals surface area contributed by atoms with Crippen LogP contribution in [0, 0.1) is 6.92 Å². The molecule has 0 saturated carbocycles. The molecule has 1 aliphatic carbocycles. The Morgan fingerprint density at radius 3 is 2.48 bits per heavy atom. The minimum atomic E-state index is -2.39. The first-order valence-electron chi connectivity index (χ1n) is 7.47. The van der Waals surface area contributed by atoms with Crippen molar-refractivity contribution >= 4 is 15.4 Å². The van der Waals surface area contributed by atoms with Gasteiger partial charge in [-0.15, -0.1) is 0 Å². The second-order valence-corrected chi connectivity index (χ2v) is 8.95. The zero-order valence-corrected chi connectivity index (χ0v) is 13.6. The highest BCUT2D eigenvalue weighted by Crippen LogP contribution is 2.44. The Balaban J connectivity index is 2.17. The van der Waals surface area contributed by atoms with Gasteiger partial charge in [-0.05, 0) is 62.2 Å². The summed E-state index contributed by atoms with van der Waals surface area (Å²) < 4.78 is 13.2. The van der Waals surface area contributed by atoms with Crippen molar-refractivity contribution in [2.45, 2.75) is 42.8 Å². The van der Waals surface area contributed by atoms with Crippen LogP contribution in [0.4, 0.5) is 0 Å². The Morgan fingerprint density at radius 2 is 1.76 bits per heavy atom. The summed E-state index contributed by atoms with van der Waals surface area (Å²) >= 11 is 0. The lowest BCUT2D eigenvalue weighted by Crippen LogP contribution is -2.36. The third-order valence-corrected chi connectivity index (χ3v) is 7.73. The summed E-state index contributed by atoms with van der Waals surface area (Å²) in [5.41, 5.74) is 3.73. The van der Waals surface area contributed by atoms with Gasteiger partial charge in [0, 0.05) is 14.4 Å². The molecule has 2 atom stereocenters. The first kappa shape index (κ1) is 14.4. The van der Waals surface area contributed by atoms with E-state index in [2.05, 4.69) is 31.0 Å². The van der Waals surface area contributed by atoms with E-state index in [1.165, 1.54) is 16.7 Å². The molecular weight excluding hydrogens is 276 g/mol. The van der Waals surface area contributed by atoms with Gasteiger partial charge in [0.2, 0.25) is 0 Å². The van der Waals surface area contributed by atoms with Gasteiger partial charge in [-0.1, -0.05) is 42.0 Å². The van der Waals surface area contributed by atoms with E-state index in [4.69, 9.17) is 0 Å². The fraction of sp³-hybridized carbons (Fsp3) is 0.316. The van der Waals surface area contributed by atoms with Crippen molar-refractivity contribution in [1.82, 2.24) is 0 Å². The lowest BCUT2D eigenvalue weighted by atomic mass is 9.83. The Hall–Kier alpha value is -1.54. The van der Waals surface area contributed by atoms with Gasteiger partial charge in [0.25, 0.3) is 0 Å². The number of aryl methyl sites for hydroxylation is 2. The predicted molar refractivity (Wildman–Crippen MR) is 91.4 cm³/mol. The van der Waals surface area contributed by atoms with Crippen LogP contribution in [0.5, 0.6) is 0 Å². The maximum Gasteiger partial charge on any atom is 0.0648 e. The Bertz CT molecular complexity index is 756. The molecule has 110 valence electrons. The third-order valence-electron chi connectivity index (χ3n) is 4.82. The minimum absolute atomic E-state index is 0.378. The third kappa shape index (κ3) is 2.22. The van der Waals surface area contributed by atoms with Crippen LogP contribution in [0.1, 0.15) is 36.5 Å². The molecule has 21 heavy (non-hydrogen) atoms. The van der Waals surface area contributed by atoms with Crippen LogP contribution in [0.3, 0.4) is 0 Å². The lowest BCUT2D eigenvalue weighted by Gasteiger charge is -2.39. The molecule has 2 unspecified atom stereocenters. The summed E-state index contributed by atoms with van der Waals surface area (Å²) in [7, 11) is -2.39. The molecule has 0 radical (unpaired) electrons. The van der Waals surface area contributed by atoms with Crippen LogP contribution >= 0.6 is 0 Å². The summed E-state index contributed by atoms with van der Waals surface area (Å²) in [5.74, 6) is 4.19. The highest BCUT2D eigenvalue weighted by molar-refractivity contribution is 8.01. The van der Waals surface area contributed by atoms with Crippen LogP contribution in [-0.2, 0) is 20.7 Å².